The van der Waals surface area contributed by atoms with Gasteiger partial charge in [0.25, 0.3) is 5.91 Å². The van der Waals surface area contributed by atoms with Gasteiger partial charge in [-0.15, -0.1) is 0 Å². The molecule has 1 heterocycles. The number of aliphatic imine (C=N–C) groups is 1. The third-order valence-corrected chi connectivity index (χ3v) is 7.02. The molecule has 0 atom stereocenters. The van der Waals surface area contributed by atoms with Crippen LogP contribution in [0, 0.1) is 14.9 Å². The van der Waals surface area contributed by atoms with Gasteiger partial charge in [-0.3, -0.25) is 9.69 Å². The third kappa shape index (κ3) is 5.72. The van der Waals surface area contributed by atoms with Crippen molar-refractivity contribution < 1.29 is 19.4 Å². The number of benzene rings is 3. The van der Waals surface area contributed by atoms with E-state index in [1.807, 2.05) is 36.4 Å². The van der Waals surface area contributed by atoms with Crippen molar-refractivity contribution >= 4 is 63.2 Å². The molecule has 0 spiro atoms. The zero-order valence-electron chi connectivity index (χ0n) is 18.4. The molecule has 35 heavy (non-hydrogen) atoms. The van der Waals surface area contributed by atoms with Gasteiger partial charge in [0.05, 0.1) is 31.4 Å². The molecule has 9 heteroatoms. The van der Waals surface area contributed by atoms with E-state index in [9.17, 15) is 14.9 Å². The van der Waals surface area contributed by atoms with Crippen LogP contribution in [0.1, 0.15) is 27.0 Å². The molecule has 174 valence electrons. The van der Waals surface area contributed by atoms with Gasteiger partial charge in [0, 0.05) is 12.6 Å². The summed E-state index contributed by atoms with van der Waals surface area (Å²) in [5.74, 6) is -0.482. The third-order valence-electron chi connectivity index (χ3n) is 5.12. The number of amides is 1. The first kappa shape index (κ1) is 24.5. The summed E-state index contributed by atoms with van der Waals surface area (Å²) >= 11 is 3.44. The fraction of sp³-hybridized carbons (Fsp3) is 0.0769. The van der Waals surface area contributed by atoms with Crippen molar-refractivity contribution in [2.75, 3.05) is 7.05 Å². The molecule has 1 N–H and O–H groups in total. The van der Waals surface area contributed by atoms with E-state index >= 15 is 0 Å². The summed E-state index contributed by atoms with van der Waals surface area (Å²) in [6, 6.07) is 21.3. The molecule has 1 saturated heterocycles. The average molecular weight is 595 g/mol. The molecule has 4 rings (SSSR count). The van der Waals surface area contributed by atoms with Crippen LogP contribution in [0.15, 0.2) is 76.6 Å². The molecule has 1 amide bonds. The molecular formula is C26H18IN3O4S. The van der Waals surface area contributed by atoms with Gasteiger partial charge in [-0.1, -0.05) is 24.3 Å². The Bertz CT molecular complexity index is 1410. The Morgan fingerprint density at radius 2 is 1.94 bits per heavy atom. The van der Waals surface area contributed by atoms with Gasteiger partial charge in [0.15, 0.2) is 5.17 Å². The number of carbonyl (C=O) groups excluding carboxylic acids is 1. The fourth-order valence-corrected chi connectivity index (χ4v) is 4.91. The maximum atomic E-state index is 12.8. The predicted molar refractivity (Wildman–Crippen MR) is 143 cm³/mol. The summed E-state index contributed by atoms with van der Waals surface area (Å²) in [6.45, 7) is 0.284. The highest BCUT2D eigenvalue weighted by Crippen LogP contribution is 2.34. The van der Waals surface area contributed by atoms with Gasteiger partial charge in [-0.05, 0) is 88.5 Å². The summed E-state index contributed by atoms with van der Waals surface area (Å²) in [5.41, 5.74) is 2.98. The fourth-order valence-electron chi connectivity index (χ4n) is 3.23. The second-order valence-corrected chi connectivity index (χ2v) is 9.64. The Morgan fingerprint density at radius 1 is 1.20 bits per heavy atom. The van der Waals surface area contributed by atoms with Crippen LogP contribution in [-0.4, -0.2) is 34.1 Å². The van der Waals surface area contributed by atoms with Crippen LogP contribution in [0.4, 0.5) is 5.69 Å². The number of hydrogen-bond donors (Lipinski definition) is 1. The first-order valence-electron chi connectivity index (χ1n) is 10.4. The quantitative estimate of drug-likeness (QED) is 0.291. The molecule has 0 aliphatic carbocycles. The van der Waals surface area contributed by atoms with E-state index in [4.69, 9.17) is 9.84 Å². The van der Waals surface area contributed by atoms with Crippen LogP contribution < -0.4 is 4.74 Å². The van der Waals surface area contributed by atoms with Crippen LogP contribution in [0.25, 0.3) is 6.08 Å². The summed E-state index contributed by atoms with van der Waals surface area (Å²) in [6.07, 6.45) is 1.80. The van der Waals surface area contributed by atoms with Crippen molar-refractivity contribution in [3.63, 3.8) is 0 Å². The minimum absolute atomic E-state index is 0.167. The number of rotatable bonds is 6. The number of likely N-dealkylation sites (N-methyl/N-ethyl adjacent to an activating group) is 1. The van der Waals surface area contributed by atoms with E-state index in [-0.39, 0.29) is 18.1 Å². The van der Waals surface area contributed by atoms with Gasteiger partial charge < -0.3 is 9.84 Å². The lowest BCUT2D eigenvalue weighted by Gasteiger charge is -2.10. The average Bonchev–Trinajstić information content (AvgIpc) is 3.11. The van der Waals surface area contributed by atoms with Crippen molar-refractivity contribution in [2.45, 2.75) is 6.61 Å². The van der Waals surface area contributed by atoms with E-state index in [2.05, 4.69) is 33.7 Å². The van der Waals surface area contributed by atoms with E-state index in [1.54, 1.807) is 31.3 Å². The molecule has 0 bridgehead atoms. The number of carboxylic acids is 1. The summed E-state index contributed by atoms with van der Waals surface area (Å²) in [5, 5.41) is 18.8. The minimum Gasteiger partial charge on any atom is -0.488 e. The lowest BCUT2D eigenvalue weighted by atomic mass is 10.1. The number of hydrogen-bond acceptors (Lipinski definition) is 6. The van der Waals surface area contributed by atoms with E-state index < -0.39 is 5.97 Å². The van der Waals surface area contributed by atoms with Crippen LogP contribution in [0.2, 0.25) is 0 Å². The second-order valence-electron chi connectivity index (χ2n) is 7.47. The standard InChI is InChI=1S/C26H18IN3O4S/c1-30-24(31)23(35-26(30)29-20-9-7-17(8-10-20)25(32)33)13-16-6-11-22(21(27)12-16)34-15-19-5-3-2-4-18(19)14-28/h2-13H,15H2,1H3,(H,32,33)/b23-13-,29-26?. The number of carboxylic acid groups (broad SMARTS) is 1. The highest BCUT2D eigenvalue weighted by atomic mass is 127. The van der Waals surface area contributed by atoms with E-state index in [0.29, 0.717) is 27.1 Å². The molecule has 0 aromatic heterocycles. The van der Waals surface area contributed by atoms with Crippen LogP contribution in [0.5, 0.6) is 5.75 Å². The Labute approximate surface area is 219 Å². The molecule has 7 nitrogen and oxygen atoms in total. The maximum absolute atomic E-state index is 12.8. The molecule has 1 aliphatic rings. The zero-order valence-corrected chi connectivity index (χ0v) is 21.4. The van der Waals surface area contributed by atoms with E-state index in [1.165, 1.54) is 28.8 Å². The van der Waals surface area contributed by atoms with Gasteiger partial charge in [-0.25, -0.2) is 9.79 Å². The normalized spacial score (nSPS) is 15.5. The molecule has 3 aromatic carbocycles. The lowest BCUT2D eigenvalue weighted by molar-refractivity contribution is -0.121. The highest BCUT2D eigenvalue weighted by molar-refractivity contribution is 14.1. The molecule has 1 fully saturated rings. The van der Waals surface area contributed by atoms with Gasteiger partial charge >= 0.3 is 5.97 Å². The van der Waals surface area contributed by atoms with Crippen LogP contribution in [-0.2, 0) is 11.4 Å². The maximum Gasteiger partial charge on any atom is 0.335 e. The number of ether oxygens (including phenoxy) is 1. The molecular weight excluding hydrogens is 577 g/mol. The number of carbonyl (C=O) groups is 2. The van der Waals surface area contributed by atoms with Crippen LogP contribution >= 0.6 is 34.4 Å². The van der Waals surface area contributed by atoms with Gasteiger partial charge in [0.1, 0.15) is 12.4 Å². The van der Waals surface area contributed by atoms with E-state index in [0.717, 1.165) is 14.7 Å². The first-order chi connectivity index (χ1) is 16.9. The van der Waals surface area contributed by atoms with Crippen molar-refractivity contribution in [3.8, 4) is 11.8 Å². The SMILES string of the molecule is CN1C(=O)/C(=C/c2ccc(OCc3ccccc3C#N)c(I)c2)SC1=Nc1ccc(C(=O)O)cc1. The Morgan fingerprint density at radius 3 is 2.63 bits per heavy atom. The smallest absolute Gasteiger partial charge is 0.335 e. The minimum atomic E-state index is -1.00. The number of halogens is 1. The molecule has 0 unspecified atom stereocenters. The summed E-state index contributed by atoms with van der Waals surface area (Å²) < 4.78 is 6.80. The predicted octanol–water partition coefficient (Wildman–Crippen LogP) is 5.67. The number of thioether (sulfide) groups is 1. The van der Waals surface area contributed by atoms with Gasteiger partial charge in [-0.2, -0.15) is 5.26 Å². The van der Waals surface area contributed by atoms with Crippen molar-refractivity contribution in [3.05, 3.63) is 97.5 Å². The number of amidine groups is 1. The molecule has 0 radical (unpaired) electrons. The Hall–Kier alpha value is -3.62. The monoisotopic (exact) mass is 595 g/mol. The zero-order chi connectivity index (χ0) is 24.9. The lowest BCUT2D eigenvalue weighted by Crippen LogP contribution is -2.23. The number of aromatic carboxylic acids is 1. The highest BCUT2D eigenvalue weighted by Gasteiger charge is 2.30. The first-order valence-corrected chi connectivity index (χ1v) is 12.3. The topological polar surface area (TPSA) is 103 Å². The molecule has 0 saturated carbocycles. The number of nitrogens with zero attached hydrogens (tertiary/aromatic N) is 3. The summed E-state index contributed by atoms with van der Waals surface area (Å²) in [7, 11) is 1.65. The number of nitriles is 1. The molecule has 3 aromatic rings. The van der Waals surface area contributed by atoms with Crippen molar-refractivity contribution in [2.24, 2.45) is 4.99 Å². The van der Waals surface area contributed by atoms with Crippen LogP contribution in [0.3, 0.4) is 0 Å². The largest absolute Gasteiger partial charge is 0.488 e. The Kier molecular flexibility index (Phi) is 7.53. The summed E-state index contributed by atoms with van der Waals surface area (Å²) in [4.78, 5) is 30.3. The van der Waals surface area contributed by atoms with Gasteiger partial charge in [0.2, 0.25) is 0 Å². The van der Waals surface area contributed by atoms with Crippen molar-refractivity contribution in [1.82, 2.24) is 4.90 Å². The molecule has 1 aliphatic heterocycles. The Balaban J connectivity index is 1.49. The second kappa shape index (κ2) is 10.8. The van der Waals surface area contributed by atoms with Crippen molar-refractivity contribution in [1.29, 1.82) is 5.26 Å².